The van der Waals surface area contributed by atoms with Crippen LogP contribution in [-0.2, 0) is 6.42 Å². The van der Waals surface area contributed by atoms with Gasteiger partial charge in [-0.25, -0.2) is 8.78 Å². The van der Waals surface area contributed by atoms with E-state index in [-0.39, 0.29) is 35.6 Å². The first kappa shape index (κ1) is 16.7. The average Bonchev–Trinajstić information content (AvgIpc) is 2.43. The summed E-state index contributed by atoms with van der Waals surface area (Å²) in [5.41, 5.74) is 0.200. The van der Waals surface area contributed by atoms with Crippen LogP contribution in [0, 0.1) is 23.5 Å². The SMILES string of the molecule is Fc1cccc(CC(Br)C2CCCC(C(F)(F)F)C2)c1F. The van der Waals surface area contributed by atoms with Crippen LogP contribution in [0.2, 0.25) is 0 Å². The molecular weight excluding hydrogens is 355 g/mol. The van der Waals surface area contributed by atoms with Crippen molar-refractivity contribution in [1.82, 2.24) is 0 Å². The molecule has 1 aromatic carbocycles. The molecule has 0 heterocycles. The van der Waals surface area contributed by atoms with Gasteiger partial charge in [0.1, 0.15) is 0 Å². The van der Waals surface area contributed by atoms with Gasteiger partial charge in [0.25, 0.3) is 0 Å². The molecule has 1 aromatic rings. The second-order valence-corrected chi connectivity index (χ2v) is 6.77. The lowest BCUT2D eigenvalue weighted by Gasteiger charge is -2.33. The van der Waals surface area contributed by atoms with Crippen molar-refractivity contribution in [3.63, 3.8) is 0 Å². The van der Waals surface area contributed by atoms with Crippen molar-refractivity contribution in [3.8, 4) is 0 Å². The summed E-state index contributed by atoms with van der Waals surface area (Å²) < 4.78 is 65.2. The van der Waals surface area contributed by atoms with Crippen LogP contribution in [0.25, 0.3) is 0 Å². The highest BCUT2D eigenvalue weighted by molar-refractivity contribution is 9.09. The van der Waals surface area contributed by atoms with E-state index in [1.54, 1.807) is 0 Å². The standard InChI is InChI=1S/C15H16BrF5/c16-12(8-10-4-2-6-13(17)14(10)18)9-3-1-5-11(7-9)15(19,20)21/h2,4,6,9,11-12H,1,3,5,7-8H2. The number of rotatable bonds is 3. The Kier molecular flexibility index (Phi) is 5.28. The Morgan fingerprint density at radius 2 is 1.90 bits per heavy atom. The van der Waals surface area contributed by atoms with Crippen molar-refractivity contribution in [3.05, 3.63) is 35.4 Å². The molecule has 1 aliphatic carbocycles. The molecule has 0 nitrogen and oxygen atoms in total. The number of hydrogen-bond donors (Lipinski definition) is 0. The van der Waals surface area contributed by atoms with Gasteiger partial charge in [0.2, 0.25) is 0 Å². The van der Waals surface area contributed by atoms with Crippen LogP contribution in [-0.4, -0.2) is 11.0 Å². The Hall–Kier alpha value is -0.650. The van der Waals surface area contributed by atoms with Gasteiger partial charge in [-0.15, -0.1) is 0 Å². The molecule has 1 aliphatic rings. The topological polar surface area (TPSA) is 0 Å². The maximum absolute atomic E-state index is 13.6. The van der Waals surface area contributed by atoms with Crippen molar-refractivity contribution in [2.24, 2.45) is 11.8 Å². The summed E-state index contributed by atoms with van der Waals surface area (Å²) in [6.07, 6.45) is -2.57. The van der Waals surface area contributed by atoms with Gasteiger partial charge in [-0.2, -0.15) is 13.2 Å². The lowest BCUT2D eigenvalue weighted by atomic mass is 9.78. The normalized spacial score (nSPS) is 24.9. The van der Waals surface area contributed by atoms with Crippen LogP contribution in [0.5, 0.6) is 0 Å². The zero-order valence-corrected chi connectivity index (χ0v) is 12.9. The fraction of sp³-hybridized carbons (Fsp3) is 0.600. The molecule has 118 valence electrons. The quantitative estimate of drug-likeness (QED) is 0.477. The summed E-state index contributed by atoms with van der Waals surface area (Å²) in [4.78, 5) is -0.279. The van der Waals surface area contributed by atoms with Gasteiger partial charge in [0.05, 0.1) is 5.92 Å². The van der Waals surface area contributed by atoms with E-state index < -0.39 is 23.7 Å². The third-order valence-electron chi connectivity index (χ3n) is 4.14. The molecule has 0 N–H and O–H groups in total. The van der Waals surface area contributed by atoms with Crippen LogP contribution in [0.15, 0.2) is 18.2 Å². The van der Waals surface area contributed by atoms with Crippen molar-refractivity contribution in [2.45, 2.75) is 43.1 Å². The second-order valence-electron chi connectivity index (χ2n) is 5.60. The zero-order chi connectivity index (χ0) is 15.6. The number of alkyl halides is 4. The molecule has 0 bridgehead atoms. The fourth-order valence-electron chi connectivity index (χ4n) is 2.94. The Balaban J connectivity index is 2.03. The van der Waals surface area contributed by atoms with E-state index in [1.165, 1.54) is 12.1 Å². The maximum Gasteiger partial charge on any atom is 0.391 e. The Morgan fingerprint density at radius 3 is 2.57 bits per heavy atom. The van der Waals surface area contributed by atoms with Crippen molar-refractivity contribution >= 4 is 15.9 Å². The van der Waals surface area contributed by atoms with Gasteiger partial charge >= 0.3 is 6.18 Å². The van der Waals surface area contributed by atoms with Crippen LogP contribution in [0.1, 0.15) is 31.2 Å². The van der Waals surface area contributed by atoms with E-state index in [9.17, 15) is 22.0 Å². The lowest BCUT2D eigenvalue weighted by Crippen LogP contribution is -2.32. The second kappa shape index (κ2) is 6.63. The third-order valence-corrected chi connectivity index (χ3v) is 5.21. The summed E-state index contributed by atoms with van der Waals surface area (Å²) in [7, 11) is 0. The molecule has 3 unspecified atom stereocenters. The molecule has 0 spiro atoms. The molecule has 2 rings (SSSR count). The van der Waals surface area contributed by atoms with Gasteiger partial charge in [-0.1, -0.05) is 34.5 Å². The monoisotopic (exact) mass is 370 g/mol. The number of halogens is 6. The van der Waals surface area contributed by atoms with Gasteiger partial charge in [-0.3, -0.25) is 0 Å². The largest absolute Gasteiger partial charge is 0.391 e. The van der Waals surface area contributed by atoms with Gasteiger partial charge in [0, 0.05) is 4.83 Å². The Labute approximate surface area is 128 Å². The highest BCUT2D eigenvalue weighted by Crippen LogP contribution is 2.42. The highest BCUT2D eigenvalue weighted by atomic mass is 79.9. The number of hydrogen-bond acceptors (Lipinski definition) is 0. The first-order valence-corrected chi connectivity index (χ1v) is 7.84. The predicted molar refractivity (Wildman–Crippen MR) is 74.3 cm³/mol. The Bertz CT molecular complexity index is 485. The maximum atomic E-state index is 13.6. The molecule has 0 saturated heterocycles. The van der Waals surface area contributed by atoms with Gasteiger partial charge in [0.15, 0.2) is 11.6 Å². The minimum atomic E-state index is -4.17. The van der Waals surface area contributed by atoms with E-state index >= 15 is 0 Å². The predicted octanol–water partition coefficient (Wildman–Crippen LogP) is 5.64. The molecule has 0 amide bonds. The molecule has 1 saturated carbocycles. The van der Waals surface area contributed by atoms with Crippen LogP contribution >= 0.6 is 15.9 Å². The van der Waals surface area contributed by atoms with Crippen molar-refractivity contribution < 1.29 is 22.0 Å². The Morgan fingerprint density at radius 1 is 1.19 bits per heavy atom. The first-order chi connectivity index (χ1) is 9.79. The minimum Gasteiger partial charge on any atom is -0.204 e. The average molecular weight is 371 g/mol. The molecule has 6 heteroatoms. The molecule has 0 aliphatic heterocycles. The summed E-state index contributed by atoms with van der Waals surface area (Å²) in [5.74, 6) is -3.30. The summed E-state index contributed by atoms with van der Waals surface area (Å²) in [5, 5.41) is 0. The molecule has 3 atom stereocenters. The van der Waals surface area contributed by atoms with E-state index in [0.717, 1.165) is 6.07 Å². The van der Waals surface area contributed by atoms with Crippen LogP contribution in [0.3, 0.4) is 0 Å². The van der Waals surface area contributed by atoms with E-state index in [0.29, 0.717) is 12.8 Å². The summed E-state index contributed by atoms with van der Waals surface area (Å²) in [6.45, 7) is 0. The van der Waals surface area contributed by atoms with Crippen LogP contribution < -0.4 is 0 Å². The lowest BCUT2D eigenvalue weighted by molar-refractivity contribution is -0.185. The highest BCUT2D eigenvalue weighted by Gasteiger charge is 2.43. The van der Waals surface area contributed by atoms with Gasteiger partial charge < -0.3 is 0 Å². The third kappa shape index (κ3) is 4.18. The smallest absolute Gasteiger partial charge is 0.204 e. The van der Waals surface area contributed by atoms with Crippen molar-refractivity contribution in [2.75, 3.05) is 0 Å². The first-order valence-electron chi connectivity index (χ1n) is 6.92. The van der Waals surface area contributed by atoms with E-state index in [1.807, 2.05) is 0 Å². The minimum absolute atomic E-state index is 0.0519. The molecule has 1 fully saturated rings. The number of benzene rings is 1. The summed E-state index contributed by atoms with van der Waals surface area (Å²) in [6, 6.07) is 3.91. The van der Waals surface area contributed by atoms with Crippen LogP contribution in [0.4, 0.5) is 22.0 Å². The van der Waals surface area contributed by atoms with E-state index in [4.69, 9.17) is 0 Å². The van der Waals surface area contributed by atoms with E-state index in [2.05, 4.69) is 15.9 Å². The molecular formula is C15H16BrF5. The molecule has 21 heavy (non-hydrogen) atoms. The fourth-order valence-corrected chi connectivity index (χ4v) is 3.77. The van der Waals surface area contributed by atoms with Crippen molar-refractivity contribution in [1.29, 1.82) is 0 Å². The summed E-state index contributed by atoms with van der Waals surface area (Å²) >= 11 is 3.37. The molecule has 0 radical (unpaired) electrons. The van der Waals surface area contributed by atoms with Gasteiger partial charge in [-0.05, 0) is 43.2 Å². The molecule has 0 aromatic heterocycles. The zero-order valence-electron chi connectivity index (χ0n) is 11.3.